The van der Waals surface area contributed by atoms with Crippen molar-refractivity contribution in [3.05, 3.63) is 28.5 Å². The van der Waals surface area contributed by atoms with Crippen molar-refractivity contribution in [2.45, 2.75) is 37.6 Å². The minimum absolute atomic E-state index is 0.184. The second-order valence-electron chi connectivity index (χ2n) is 4.89. The van der Waals surface area contributed by atoms with Crippen LogP contribution in [0.2, 0.25) is 0 Å². The van der Waals surface area contributed by atoms with E-state index >= 15 is 0 Å². The third-order valence-corrected chi connectivity index (χ3v) is 4.00. The number of benzene rings is 1. The van der Waals surface area contributed by atoms with E-state index in [1.54, 1.807) is 12.1 Å². The normalized spacial score (nSPS) is 17.7. The molecule has 1 aliphatic carbocycles. The molecule has 0 atom stereocenters. The molecule has 5 heteroatoms. The molecule has 1 amide bonds. The fraction of sp³-hybridized carbons (Fsp3) is 0.462. The molecule has 0 spiro atoms. The Bertz CT molecular complexity index is 438. The van der Waals surface area contributed by atoms with Crippen LogP contribution in [0.4, 0.5) is 10.1 Å². The van der Waals surface area contributed by atoms with Gasteiger partial charge in [0.2, 0.25) is 5.91 Å². The van der Waals surface area contributed by atoms with Gasteiger partial charge in [-0.1, -0.05) is 18.9 Å². The van der Waals surface area contributed by atoms with E-state index in [1.165, 1.54) is 6.07 Å². The van der Waals surface area contributed by atoms with Gasteiger partial charge in [0.1, 0.15) is 5.82 Å². The summed E-state index contributed by atoms with van der Waals surface area (Å²) in [6.07, 6.45) is 4.09. The smallest absolute Gasteiger partial charge is 0.226 e. The third-order valence-electron chi connectivity index (χ3n) is 3.34. The summed E-state index contributed by atoms with van der Waals surface area (Å²) in [5.74, 6) is -0.680. The summed E-state index contributed by atoms with van der Waals surface area (Å²) in [5.41, 5.74) is 5.89. The SMILES string of the molecule is NC1(CC(=O)Nc2c(F)cccc2Br)CCCC1. The lowest BCUT2D eigenvalue weighted by Gasteiger charge is -2.22. The van der Waals surface area contributed by atoms with Crippen LogP contribution >= 0.6 is 15.9 Å². The van der Waals surface area contributed by atoms with Gasteiger partial charge in [-0.2, -0.15) is 0 Å². The monoisotopic (exact) mass is 314 g/mol. The summed E-state index contributed by atoms with van der Waals surface area (Å²) in [4.78, 5) is 11.9. The molecular weight excluding hydrogens is 299 g/mol. The molecule has 1 aliphatic rings. The van der Waals surface area contributed by atoms with Gasteiger partial charge in [0.05, 0.1) is 5.69 Å². The van der Waals surface area contributed by atoms with E-state index in [2.05, 4.69) is 21.2 Å². The van der Waals surface area contributed by atoms with Crippen LogP contribution in [-0.2, 0) is 4.79 Å². The van der Waals surface area contributed by atoms with Crippen LogP contribution in [0.1, 0.15) is 32.1 Å². The highest BCUT2D eigenvalue weighted by Gasteiger charge is 2.31. The van der Waals surface area contributed by atoms with E-state index in [9.17, 15) is 9.18 Å². The lowest BCUT2D eigenvalue weighted by atomic mass is 9.94. The minimum Gasteiger partial charge on any atom is -0.325 e. The molecule has 1 aromatic rings. The molecule has 0 saturated heterocycles. The molecule has 3 N–H and O–H groups in total. The first-order chi connectivity index (χ1) is 8.50. The molecule has 0 bridgehead atoms. The zero-order chi connectivity index (χ0) is 13.2. The fourth-order valence-corrected chi connectivity index (χ4v) is 2.82. The minimum atomic E-state index is -0.449. The van der Waals surface area contributed by atoms with Crippen LogP contribution in [0.3, 0.4) is 0 Å². The lowest BCUT2D eigenvalue weighted by molar-refractivity contribution is -0.117. The number of amides is 1. The zero-order valence-electron chi connectivity index (χ0n) is 10.0. The molecule has 0 unspecified atom stereocenters. The van der Waals surface area contributed by atoms with Crippen molar-refractivity contribution in [2.75, 3.05) is 5.32 Å². The van der Waals surface area contributed by atoms with Gasteiger partial charge in [-0.15, -0.1) is 0 Å². The van der Waals surface area contributed by atoms with E-state index in [0.717, 1.165) is 25.7 Å². The second-order valence-corrected chi connectivity index (χ2v) is 5.75. The Balaban J connectivity index is 2.03. The molecule has 98 valence electrons. The molecule has 2 rings (SSSR count). The number of para-hydroxylation sites is 1. The number of carbonyl (C=O) groups is 1. The van der Waals surface area contributed by atoms with Crippen molar-refractivity contribution in [3.8, 4) is 0 Å². The van der Waals surface area contributed by atoms with Crippen LogP contribution in [0, 0.1) is 5.82 Å². The highest BCUT2D eigenvalue weighted by Crippen LogP contribution is 2.31. The Kier molecular flexibility index (Phi) is 4.02. The first-order valence-electron chi connectivity index (χ1n) is 6.03. The van der Waals surface area contributed by atoms with Crippen molar-refractivity contribution in [1.82, 2.24) is 0 Å². The van der Waals surface area contributed by atoms with E-state index in [0.29, 0.717) is 4.47 Å². The quantitative estimate of drug-likeness (QED) is 0.900. The number of halogens is 2. The van der Waals surface area contributed by atoms with Crippen LogP contribution in [-0.4, -0.2) is 11.4 Å². The van der Waals surface area contributed by atoms with Crippen molar-refractivity contribution in [1.29, 1.82) is 0 Å². The van der Waals surface area contributed by atoms with Gasteiger partial charge in [-0.05, 0) is 40.9 Å². The van der Waals surface area contributed by atoms with Crippen LogP contribution in [0.15, 0.2) is 22.7 Å². The molecule has 0 aromatic heterocycles. The highest BCUT2D eigenvalue weighted by atomic mass is 79.9. The van der Waals surface area contributed by atoms with E-state index in [1.807, 2.05) is 0 Å². The van der Waals surface area contributed by atoms with Crippen molar-refractivity contribution < 1.29 is 9.18 Å². The summed E-state index contributed by atoms with van der Waals surface area (Å²) in [7, 11) is 0. The van der Waals surface area contributed by atoms with Gasteiger partial charge in [0.25, 0.3) is 0 Å². The Labute approximate surface area is 114 Å². The van der Waals surface area contributed by atoms with Crippen molar-refractivity contribution in [3.63, 3.8) is 0 Å². The number of nitrogens with one attached hydrogen (secondary N) is 1. The standard InChI is InChI=1S/C13H16BrFN2O/c14-9-4-3-5-10(15)12(9)17-11(18)8-13(16)6-1-2-7-13/h3-5H,1-2,6-8,16H2,(H,17,18). The van der Waals surface area contributed by atoms with Crippen molar-refractivity contribution in [2.24, 2.45) is 5.73 Å². The first-order valence-corrected chi connectivity index (χ1v) is 6.82. The van der Waals surface area contributed by atoms with Crippen LogP contribution in [0.5, 0.6) is 0 Å². The maximum absolute atomic E-state index is 13.5. The molecule has 1 aromatic carbocycles. The second kappa shape index (κ2) is 5.36. The molecule has 0 heterocycles. The highest BCUT2D eigenvalue weighted by molar-refractivity contribution is 9.10. The summed E-state index contributed by atoms with van der Waals surface area (Å²) >= 11 is 3.22. The Morgan fingerprint density at radius 1 is 1.44 bits per heavy atom. The van der Waals surface area contributed by atoms with Gasteiger partial charge in [-0.3, -0.25) is 4.79 Å². The Hall–Kier alpha value is -0.940. The molecule has 3 nitrogen and oxygen atoms in total. The van der Waals surface area contributed by atoms with Gasteiger partial charge >= 0.3 is 0 Å². The van der Waals surface area contributed by atoms with Gasteiger partial charge in [0.15, 0.2) is 0 Å². The Morgan fingerprint density at radius 3 is 2.72 bits per heavy atom. The fourth-order valence-electron chi connectivity index (χ4n) is 2.38. The van der Waals surface area contributed by atoms with Gasteiger partial charge < -0.3 is 11.1 Å². The topological polar surface area (TPSA) is 55.1 Å². The number of anilines is 1. The number of hydrogen-bond donors (Lipinski definition) is 2. The summed E-state index contributed by atoms with van der Waals surface area (Å²) in [5, 5.41) is 2.59. The van der Waals surface area contributed by atoms with Crippen LogP contribution in [0.25, 0.3) is 0 Å². The molecule has 0 radical (unpaired) electrons. The first kappa shape index (κ1) is 13.5. The summed E-state index contributed by atoms with van der Waals surface area (Å²) in [6.45, 7) is 0. The molecule has 0 aliphatic heterocycles. The summed E-state index contributed by atoms with van der Waals surface area (Å²) < 4.78 is 14.1. The number of nitrogens with two attached hydrogens (primary N) is 1. The average molecular weight is 315 g/mol. The van der Waals surface area contributed by atoms with Crippen molar-refractivity contribution >= 4 is 27.5 Å². The third kappa shape index (κ3) is 3.09. The zero-order valence-corrected chi connectivity index (χ0v) is 11.6. The number of rotatable bonds is 3. The molecule has 18 heavy (non-hydrogen) atoms. The predicted octanol–water partition coefficient (Wildman–Crippen LogP) is 3.19. The predicted molar refractivity (Wildman–Crippen MR) is 72.7 cm³/mol. The van der Waals surface area contributed by atoms with Gasteiger partial charge in [0, 0.05) is 16.4 Å². The molecule has 1 saturated carbocycles. The summed E-state index contributed by atoms with van der Waals surface area (Å²) in [6, 6.07) is 4.58. The maximum atomic E-state index is 13.5. The molecular formula is C13H16BrFN2O. The van der Waals surface area contributed by atoms with E-state index < -0.39 is 11.4 Å². The maximum Gasteiger partial charge on any atom is 0.226 e. The van der Waals surface area contributed by atoms with E-state index in [-0.39, 0.29) is 18.0 Å². The number of hydrogen-bond acceptors (Lipinski definition) is 2. The largest absolute Gasteiger partial charge is 0.325 e. The van der Waals surface area contributed by atoms with Gasteiger partial charge in [-0.25, -0.2) is 4.39 Å². The van der Waals surface area contributed by atoms with E-state index in [4.69, 9.17) is 5.73 Å². The number of carbonyl (C=O) groups excluding carboxylic acids is 1. The lowest BCUT2D eigenvalue weighted by Crippen LogP contribution is -2.40. The van der Waals surface area contributed by atoms with Crippen LogP contribution < -0.4 is 11.1 Å². The Morgan fingerprint density at radius 2 is 2.11 bits per heavy atom. The average Bonchev–Trinajstić information content (AvgIpc) is 2.70. The molecule has 1 fully saturated rings.